The molecule has 0 radical (unpaired) electrons. The number of aromatic nitrogens is 2. The first kappa shape index (κ1) is 8.20. The molecule has 2 rings (SSSR count). The summed E-state index contributed by atoms with van der Waals surface area (Å²) in [4.78, 5) is 8.01. The number of rotatable bonds is 1. The SMILES string of the molecule is Clc1ncccc1-c1cccnc1. The highest BCUT2D eigenvalue weighted by Crippen LogP contribution is 2.24. The molecule has 0 unspecified atom stereocenters. The Balaban J connectivity index is 2.54. The molecule has 0 atom stereocenters. The lowest BCUT2D eigenvalue weighted by Gasteiger charge is -2.00. The average Bonchev–Trinajstić information content (AvgIpc) is 2.20. The van der Waals surface area contributed by atoms with Crippen LogP contribution in [-0.4, -0.2) is 9.97 Å². The quantitative estimate of drug-likeness (QED) is 0.647. The second-order valence-corrected chi connectivity index (χ2v) is 2.94. The Kier molecular flexibility index (Phi) is 2.23. The summed E-state index contributed by atoms with van der Waals surface area (Å²) in [6.07, 6.45) is 5.17. The van der Waals surface area contributed by atoms with Crippen LogP contribution in [0.4, 0.5) is 0 Å². The van der Waals surface area contributed by atoms with Crippen molar-refractivity contribution < 1.29 is 0 Å². The summed E-state index contributed by atoms with van der Waals surface area (Å²) in [5.74, 6) is 0. The second kappa shape index (κ2) is 3.54. The fraction of sp³-hybridized carbons (Fsp3) is 0. The minimum absolute atomic E-state index is 0.510. The lowest BCUT2D eigenvalue weighted by Crippen LogP contribution is -1.82. The Morgan fingerprint density at radius 3 is 2.62 bits per heavy atom. The normalized spacial score (nSPS) is 9.92. The van der Waals surface area contributed by atoms with Crippen molar-refractivity contribution in [1.29, 1.82) is 0 Å². The summed E-state index contributed by atoms with van der Waals surface area (Å²) in [7, 11) is 0. The molecule has 0 bridgehead atoms. The molecule has 13 heavy (non-hydrogen) atoms. The first-order valence-electron chi connectivity index (χ1n) is 3.89. The third-order valence-electron chi connectivity index (χ3n) is 1.73. The fourth-order valence-electron chi connectivity index (χ4n) is 1.12. The van der Waals surface area contributed by atoms with E-state index in [1.165, 1.54) is 0 Å². The maximum absolute atomic E-state index is 5.92. The summed E-state index contributed by atoms with van der Waals surface area (Å²) >= 11 is 5.92. The Morgan fingerprint density at radius 1 is 1.08 bits per heavy atom. The van der Waals surface area contributed by atoms with Gasteiger partial charge < -0.3 is 0 Å². The minimum Gasteiger partial charge on any atom is -0.264 e. The van der Waals surface area contributed by atoms with Gasteiger partial charge in [0.25, 0.3) is 0 Å². The van der Waals surface area contributed by atoms with Gasteiger partial charge >= 0.3 is 0 Å². The van der Waals surface area contributed by atoms with E-state index in [0.29, 0.717) is 5.15 Å². The van der Waals surface area contributed by atoms with Crippen LogP contribution in [-0.2, 0) is 0 Å². The molecule has 2 aromatic heterocycles. The highest BCUT2D eigenvalue weighted by molar-refractivity contribution is 6.32. The van der Waals surface area contributed by atoms with Crippen molar-refractivity contribution in [3.05, 3.63) is 48.0 Å². The van der Waals surface area contributed by atoms with Crippen molar-refractivity contribution in [2.24, 2.45) is 0 Å². The zero-order chi connectivity index (χ0) is 9.10. The fourth-order valence-corrected chi connectivity index (χ4v) is 1.35. The molecule has 64 valence electrons. The molecule has 0 aliphatic heterocycles. The van der Waals surface area contributed by atoms with Crippen molar-refractivity contribution >= 4 is 11.6 Å². The van der Waals surface area contributed by atoms with Gasteiger partial charge in [0.05, 0.1) is 0 Å². The molecular formula is C10H7ClN2. The van der Waals surface area contributed by atoms with Gasteiger partial charge in [-0.25, -0.2) is 4.98 Å². The molecule has 0 saturated carbocycles. The van der Waals surface area contributed by atoms with Crippen molar-refractivity contribution in [3.63, 3.8) is 0 Å². The summed E-state index contributed by atoms with van der Waals surface area (Å²) in [5, 5.41) is 0.510. The third-order valence-corrected chi connectivity index (χ3v) is 2.03. The van der Waals surface area contributed by atoms with E-state index in [9.17, 15) is 0 Å². The largest absolute Gasteiger partial charge is 0.264 e. The Morgan fingerprint density at radius 2 is 1.92 bits per heavy atom. The van der Waals surface area contributed by atoms with Crippen LogP contribution in [0.5, 0.6) is 0 Å². The van der Waals surface area contributed by atoms with Crippen molar-refractivity contribution in [2.45, 2.75) is 0 Å². The van der Waals surface area contributed by atoms with Crippen LogP contribution in [0.2, 0.25) is 5.15 Å². The van der Waals surface area contributed by atoms with Gasteiger partial charge in [0.15, 0.2) is 0 Å². The molecule has 3 heteroatoms. The van der Waals surface area contributed by atoms with Crippen molar-refractivity contribution in [2.75, 3.05) is 0 Å². The van der Waals surface area contributed by atoms with Gasteiger partial charge in [0.2, 0.25) is 0 Å². The molecule has 0 aliphatic carbocycles. The summed E-state index contributed by atoms with van der Waals surface area (Å²) in [6, 6.07) is 7.61. The molecule has 0 N–H and O–H groups in total. The zero-order valence-electron chi connectivity index (χ0n) is 6.81. The van der Waals surface area contributed by atoms with E-state index in [4.69, 9.17) is 11.6 Å². The summed E-state index contributed by atoms with van der Waals surface area (Å²) in [6.45, 7) is 0. The molecule has 0 aliphatic rings. The molecule has 2 aromatic rings. The molecular weight excluding hydrogens is 184 g/mol. The zero-order valence-corrected chi connectivity index (χ0v) is 7.57. The van der Waals surface area contributed by atoms with E-state index in [2.05, 4.69) is 9.97 Å². The van der Waals surface area contributed by atoms with Gasteiger partial charge in [0.1, 0.15) is 5.15 Å². The Bertz CT molecular complexity index is 401. The van der Waals surface area contributed by atoms with Gasteiger partial charge in [-0.3, -0.25) is 4.98 Å². The topological polar surface area (TPSA) is 25.8 Å². The van der Waals surface area contributed by atoms with Crippen LogP contribution in [0.15, 0.2) is 42.9 Å². The number of halogens is 1. The highest BCUT2D eigenvalue weighted by atomic mass is 35.5. The number of hydrogen-bond donors (Lipinski definition) is 0. The first-order valence-corrected chi connectivity index (χ1v) is 4.26. The van der Waals surface area contributed by atoms with Crippen LogP contribution in [0.25, 0.3) is 11.1 Å². The van der Waals surface area contributed by atoms with Crippen molar-refractivity contribution in [3.8, 4) is 11.1 Å². The predicted molar refractivity (Wildman–Crippen MR) is 52.5 cm³/mol. The minimum atomic E-state index is 0.510. The standard InChI is InChI=1S/C10H7ClN2/c11-10-9(4-2-6-13-10)8-3-1-5-12-7-8/h1-7H. The van der Waals surface area contributed by atoms with E-state index in [1.807, 2.05) is 24.3 Å². The first-order chi connectivity index (χ1) is 6.38. The number of pyridine rings is 2. The predicted octanol–water partition coefficient (Wildman–Crippen LogP) is 2.80. The lowest BCUT2D eigenvalue weighted by atomic mass is 10.1. The van der Waals surface area contributed by atoms with Gasteiger partial charge in [-0.05, 0) is 18.2 Å². The Labute approximate surface area is 81.2 Å². The maximum Gasteiger partial charge on any atom is 0.136 e. The highest BCUT2D eigenvalue weighted by Gasteiger charge is 2.01. The van der Waals surface area contributed by atoms with Crippen LogP contribution >= 0.6 is 11.6 Å². The van der Waals surface area contributed by atoms with Gasteiger partial charge in [0, 0.05) is 29.7 Å². The molecule has 0 amide bonds. The second-order valence-electron chi connectivity index (χ2n) is 2.58. The molecule has 0 spiro atoms. The van der Waals surface area contributed by atoms with Gasteiger partial charge in [-0.2, -0.15) is 0 Å². The average molecular weight is 191 g/mol. The van der Waals surface area contributed by atoms with Gasteiger partial charge in [-0.1, -0.05) is 17.7 Å². The van der Waals surface area contributed by atoms with Crippen LogP contribution < -0.4 is 0 Å². The summed E-state index contributed by atoms with van der Waals surface area (Å²) < 4.78 is 0. The van der Waals surface area contributed by atoms with Gasteiger partial charge in [-0.15, -0.1) is 0 Å². The van der Waals surface area contributed by atoms with E-state index >= 15 is 0 Å². The molecule has 0 saturated heterocycles. The molecule has 2 nitrogen and oxygen atoms in total. The summed E-state index contributed by atoms with van der Waals surface area (Å²) in [5.41, 5.74) is 1.90. The molecule has 0 aromatic carbocycles. The monoisotopic (exact) mass is 190 g/mol. The lowest BCUT2D eigenvalue weighted by molar-refractivity contribution is 1.30. The van der Waals surface area contributed by atoms with Crippen LogP contribution in [0.1, 0.15) is 0 Å². The smallest absolute Gasteiger partial charge is 0.136 e. The number of nitrogens with zero attached hydrogens (tertiary/aromatic N) is 2. The van der Waals surface area contributed by atoms with Crippen LogP contribution in [0, 0.1) is 0 Å². The van der Waals surface area contributed by atoms with E-state index in [0.717, 1.165) is 11.1 Å². The van der Waals surface area contributed by atoms with E-state index in [1.54, 1.807) is 18.6 Å². The van der Waals surface area contributed by atoms with Crippen LogP contribution in [0.3, 0.4) is 0 Å². The number of hydrogen-bond acceptors (Lipinski definition) is 2. The van der Waals surface area contributed by atoms with E-state index < -0.39 is 0 Å². The third kappa shape index (κ3) is 1.68. The van der Waals surface area contributed by atoms with Crippen molar-refractivity contribution in [1.82, 2.24) is 9.97 Å². The van der Waals surface area contributed by atoms with E-state index in [-0.39, 0.29) is 0 Å². The molecule has 2 heterocycles. The maximum atomic E-state index is 5.92. The molecule has 0 fully saturated rings. The Hall–Kier alpha value is -1.41.